The first-order valence-corrected chi connectivity index (χ1v) is 14.3. The molecule has 7 atom stereocenters. The topological polar surface area (TPSA) is 144 Å². The quantitative estimate of drug-likeness (QED) is 0.360. The zero-order chi connectivity index (χ0) is 28.0. The van der Waals surface area contributed by atoms with Gasteiger partial charge in [0.15, 0.2) is 0 Å². The van der Waals surface area contributed by atoms with Gasteiger partial charge in [-0.2, -0.15) is 0 Å². The fourth-order valence-corrected chi connectivity index (χ4v) is 7.36. The first kappa shape index (κ1) is 30.4. The Labute approximate surface area is 227 Å². The van der Waals surface area contributed by atoms with E-state index in [1.54, 1.807) is 4.90 Å². The summed E-state index contributed by atoms with van der Waals surface area (Å²) in [6.07, 6.45) is 11.7. The highest BCUT2D eigenvalue weighted by Crippen LogP contribution is 2.59. The van der Waals surface area contributed by atoms with Gasteiger partial charge in [0, 0.05) is 19.5 Å². The molecule has 6 N–H and O–H groups in total. The predicted molar refractivity (Wildman–Crippen MR) is 147 cm³/mol. The molecule has 0 aromatic rings. The molecule has 0 aromatic carbocycles. The Morgan fingerprint density at radius 3 is 2.45 bits per heavy atom. The van der Waals surface area contributed by atoms with Gasteiger partial charge in [-0.05, 0) is 92.1 Å². The third kappa shape index (κ3) is 7.27. The van der Waals surface area contributed by atoms with E-state index in [-0.39, 0.29) is 23.8 Å². The lowest BCUT2D eigenvalue weighted by Crippen LogP contribution is -2.39. The molecule has 0 radical (unpaired) electrons. The van der Waals surface area contributed by atoms with E-state index in [0.717, 1.165) is 63.6 Å². The minimum atomic E-state index is -0.947. The second kappa shape index (κ2) is 13.3. The normalized spacial score (nSPS) is 35.3. The van der Waals surface area contributed by atoms with Crippen LogP contribution in [0.4, 0.5) is 4.79 Å². The molecule has 4 rings (SSSR count). The van der Waals surface area contributed by atoms with Gasteiger partial charge in [-0.3, -0.25) is 4.79 Å². The van der Waals surface area contributed by atoms with Gasteiger partial charge in [-0.15, -0.1) is 0 Å². The van der Waals surface area contributed by atoms with Gasteiger partial charge < -0.3 is 31.1 Å². The van der Waals surface area contributed by atoms with E-state index in [1.165, 1.54) is 12.0 Å². The van der Waals surface area contributed by atoms with Crippen LogP contribution in [0.3, 0.4) is 0 Å². The summed E-state index contributed by atoms with van der Waals surface area (Å²) in [6.45, 7) is 10.0. The number of hydrogen-bond donors (Lipinski definition) is 5. The van der Waals surface area contributed by atoms with E-state index in [2.05, 4.69) is 19.6 Å². The molecule has 8 nitrogen and oxygen atoms in total. The van der Waals surface area contributed by atoms with Crippen molar-refractivity contribution in [2.75, 3.05) is 13.1 Å². The van der Waals surface area contributed by atoms with Crippen LogP contribution in [0.15, 0.2) is 35.5 Å². The minimum Gasteiger partial charge on any atom is -0.481 e. The molecule has 0 aromatic heterocycles. The number of hydrogen-bond acceptors (Lipinski definition) is 5. The lowest BCUT2D eigenvalue weighted by Gasteiger charge is -2.45. The smallest absolute Gasteiger partial charge is 0.314 e. The second-order valence-electron chi connectivity index (χ2n) is 12.1. The summed E-state index contributed by atoms with van der Waals surface area (Å²) in [6, 6.07) is -0.269. The van der Waals surface area contributed by atoms with Gasteiger partial charge >= 0.3 is 12.0 Å². The van der Waals surface area contributed by atoms with E-state index in [0.29, 0.717) is 30.3 Å². The number of aliphatic hydroxyl groups is 3. The van der Waals surface area contributed by atoms with Crippen LogP contribution in [0.5, 0.6) is 0 Å². The van der Waals surface area contributed by atoms with Gasteiger partial charge in [0.25, 0.3) is 0 Å². The van der Waals surface area contributed by atoms with Crippen molar-refractivity contribution in [2.24, 2.45) is 28.9 Å². The van der Waals surface area contributed by atoms with Crippen molar-refractivity contribution >= 4 is 12.0 Å². The highest BCUT2D eigenvalue weighted by Gasteiger charge is 2.51. The number of carbonyl (C=O) groups excluding carboxylic acids is 1. The molecule has 214 valence electrons. The summed E-state index contributed by atoms with van der Waals surface area (Å²) in [4.78, 5) is 23.2. The average molecular weight is 533 g/mol. The molecular weight excluding hydrogens is 484 g/mol. The highest BCUT2D eigenvalue weighted by atomic mass is 16.4. The van der Waals surface area contributed by atoms with Gasteiger partial charge in [-0.1, -0.05) is 38.2 Å². The lowest BCUT2D eigenvalue weighted by molar-refractivity contribution is -0.140. The molecule has 1 aliphatic heterocycles. The zero-order valence-corrected chi connectivity index (χ0v) is 23.1. The summed E-state index contributed by atoms with van der Waals surface area (Å²) in [5, 5.41) is 39.5. The molecule has 1 saturated heterocycles. The van der Waals surface area contributed by atoms with Crippen LogP contribution >= 0.6 is 0 Å². The maximum Gasteiger partial charge on any atom is 0.314 e. The maximum absolute atomic E-state index is 11.0. The number of primary amides is 1. The highest BCUT2D eigenvalue weighted by molar-refractivity contribution is 5.72. The Bertz CT molecular complexity index is 924. The molecule has 38 heavy (non-hydrogen) atoms. The molecule has 0 spiro atoms. The van der Waals surface area contributed by atoms with Gasteiger partial charge in [-0.25, -0.2) is 4.79 Å². The Hall–Kier alpha value is -2.16. The fraction of sp³-hybridized carbons (Fsp3) is 0.733. The Kier molecular flexibility index (Phi) is 10.6. The van der Waals surface area contributed by atoms with Crippen LogP contribution in [0.2, 0.25) is 0 Å². The zero-order valence-electron chi connectivity index (χ0n) is 23.1. The number of nitrogens with zero attached hydrogens (tertiary/aromatic N) is 1. The second-order valence-corrected chi connectivity index (χ2v) is 12.1. The monoisotopic (exact) mass is 532 g/mol. The molecule has 3 aliphatic carbocycles. The van der Waals surface area contributed by atoms with Gasteiger partial charge in [0.1, 0.15) is 0 Å². The van der Waals surface area contributed by atoms with Crippen molar-refractivity contribution in [2.45, 2.75) is 103 Å². The Morgan fingerprint density at radius 2 is 1.84 bits per heavy atom. The van der Waals surface area contributed by atoms with Crippen LogP contribution in [-0.4, -0.2) is 68.7 Å². The third-order valence-electron chi connectivity index (χ3n) is 9.60. The number of aliphatic carboxylic acids is 1. The van der Waals surface area contributed by atoms with E-state index >= 15 is 0 Å². The number of carboxylic acid groups (broad SMARTS) is 1. The van der Waals surface area contributed by atoms with Crippen LogP contribution in [0, 0.1) is 23.2 Å². The molecule has 1 unspecified atom stereocenters. The molecule has 3 saturated carbocycles. The standard InChI is InChI=1S/C24H36O5.C6H12N2O/c1-14-17(11-18(25)12-21(14)26)7-6-16-5-4-10-24(3)19(8-9-20(16)24)15(2)22(27)13-23(28)29;7-6(9)8-4-2-1-3-5-8/h6-7,15,18-22,25-27H,1,4-5,8-13H2,2-3H3,(H,28,29);1-5H2,(H2,7,9)/b16-6?,17-7-;/t15-,18-,19+,20-,21+,22?,24+;/m0./s1. The minimum absolute atomic E-state index is 0.0396. The van der Waals surface area contributed by atoms with Crippen LogP contribution < -0.4 is 5.73 Å². The SMILES string of the molecule is C=C1/C(=C\C=C2CCC[C@]3(C)[C@@H]([C@H](C)C(O)CC(=O)O)CC[C@@H]23)C[C@H](O)C[C@H]1O.NC(=O)N1CCCCC1. The van der Waals surface area contributed by atoms with Crippen molar-refractivity contribution in [3.05, 3.63) is 35.5 Å². The summed E-state index contributed by atoms with van der Waals surface area (Å²) < 4.78 is 0. The number of rotatable bonds is 5. The number of piperidine rings is 1. The van der Waals surface area contributed by atoms with E-state index in [9.17, 15) is 24.9 Å². The van der Waals surface area contributed by atoms with E-state index in [4.69, 9.17) is 10.8 Å². The summed E-state index contributed by atoms with van der Waals surface area (Å²) in [5.74, 6) is -0.241. The number of amides is 2. The van der Waals surface area contributed by atoms with E-state index in [1.807, 2.05) is 13.0 Å². The molecule has 8 heteroatoms. The number of fused-ring (bicyclic) bond motifs is 1. The van der Waals surface area contributed by atoms with Crippen molar-refractivity contribution in [3.63, 3.8) is 0 Å². The third-order valence-corrected chi connectivity index (χ3v) is 9.60. The van der Waals surface area contributed by atoms with Crippen molar-refractivity contribution < 1.29 is 30.0 Å². The van der Waals surface area contributed by atoms with Crippen LogP contribution in [-0.2, 0) is 4.79 Å². The Balaban J connectivity index is 0.000000375. The lowest BCUT2D eigenvalue weighted by atomic mass is 9.60. The molecule has 1 heterocycles. The van der Waals surface area contributed by atoms with Crippen molar-refractivity contribution in [3.8, 4) is 0 Å². The Morgan fingerprint density at radius 1 is 1.16 bits per heavy atom. The predicted octanol–water partition coefficient (Wildman–Crippen LogP) is 4.15. The number of allylic oxidation sites excluding steroid dienone is 3. The molecule has 0 bridgehead atoms. The van der Waals surface area contributed by atoms with E-state index < -0.39 is 24.3 Å². The first-order valence-electron chi connectivity index (χ1n) is 14.3. The molecule has 4 aliphatic rings. The van der Waals surface area contributed by atoms with Crippen LogP contribution in [0.25, 0.3) is 0 Å². The van der Waals surface area contributed by atoms with Crippen molar-refractivity contribution in [1.29, 1.82) is 0 Å². The summed E-state index contributed by atoms with van der Waals surface area (Å²) >= 11 is 0. The van der Waals surface area contributed by atoms with Crippen molar-refractivity contribution in [1.82, 2.24) is 4.90 Å². The number of nitrogens with two attached hydrogens (primary N) is 1. The fourth-order valence-electron chi connectivity index (χ4n) is 7.36. The molecule has 2 amide bonds. The average Bonchev–Trinajstić information content (AvgIpc) is 3.22. The maximum atomic E-state index is 11.0. The van der Waals surface area contributed by atoms with Crippen LogP contribution in [0.1, 0.15) is 84.5 Å². The first-order chi connectivity index (χ1) is 17.9. The van der Waals surface area contributed by atoms with Gasteiger partial charge in [0.2, 0.25) is 0 Å². The molecular formula is C30H48N2O6. The number of carboxylic acids is 1. The molecule has 4 fully saturated rings. The summed E-state index contributed by atoms with van der Waals surface area (Å²) in [5.41, 5.74) is 8.16. The number of carbonyl (C=O) groups is 2. The number of aliphatic hydroxyl groups excluding tert-OH is 3. The van der Waals surface area contributed by atoms with Gasteiger partial charge in [0.05, 0.1) is 24.7 Å². The number of urea groups is 1. The largest absolute Gasteiger partial charge is 0.481 e. The number of likely N-dealkylation sites (tertiary alicyclic amines) is 1. The summed E-state index contributed by atoms with van der Waals surface area (Å²) in [7, 11) is 0.